The van der Waals surface area contributed by atoms with Gasteiger partial charge in [0.2, 0.25) is 11.8 Å². The quantitative estimate of drug-likeness (QED) is 0.610. The average Bonchev–Trinajstić information content (AvgIpc) is 2.55. The topological polar surface area (TPSA) is 95.8 Å². The van der Waals surface area contributed by atoms with Crippen LogP contribution in [0.15, 0.2) is 24.3 Å². The molecule has 1 fully saturated rings. The summed E-state index contributed by atoms with van der Waals surface area (Å²) in [6.45, 7) is 2.83. The van der Waals surface area contributed by atoms with E-state index in [1.165, 1.54) is 17.0 Å². The minimum Gasteiger partial charge on any atom is -0.339 e. The molecule has 1 aromatic carbocycles. The highest BCUT2D eigenvalue weighted by Gasteiger charge is 2.20. The summed E-state index contributed by atoms with van der Waals surface area (Å²) in [5.74, 6) is -0.324. The number of hydrogen-bond donors (Lipinski definition) is 1. The van der Waals surface area contributed by atoms with Crippen LogP contribution in [0, 0.1) is 10.1 Å². The Hall–Kier alpha value is -2.19. The zero-order valence-corrected chi connectivity index (χ0v) is 14.3. The zero-order chi connectivity index (χ0) is 16.8. The van der Waals surface area contributed by atoms with Gasteiger partial charge in [-0.05, 0) is 5.56 Å². The molecule has 0 radical (unpaired) electrons. The number of nitrogens with one attached hydrogen (secondary N) is 1. The molecule has 1 aromatic rings. The molecule has 24 heavy (non-hydrogen) atoms. The number of likely N-dealkylation sites (N-methyl/N-ethyl adjacent to an activating group) is 1. The van der Waals surface area contributed by atoms with E-state index in [1.807, 2.05) is 0 Å². The summed E-state index contributed by atoms with van der Waals surface area (Å²) in [5, 5.41) is 13.9. The summed E-state index contributed by atoms with van der Waals surface area (Å²) < 4.78 is 0. The number of halogens is 1. The standard InChI is InChI=1S/C15H20N4O4.ClH/c1-17(11-15(21)18-7-5-16-6-8-18)14(20)10-12-3-2-4-13(9-12)19(22)23;/h2-4,9,16H,5-8,10-11H2,1H3;1H. The van der Waals surface area contributed by atoms with Crippen LogP contribution in [0.5, 0.6) is 0 Å². The van der Waals surface area contributed by atoms with E-state index in [0.29, 0.717) is 18.7 Å². The van der Waals surface area contributed by atoms with E-state index in [9.17, 15) is 19.7 Å². The summed E-state index contributed by atoms with van der Waals surface area (Å²) in [6.07, 6.45) is 0.0347. The third kappa shape index (κ3) is 5.47. The Morgan fingerprint density at radius 2 is 2.00 bits per heavy atom. The summed E-state index contributed by atoms with van der Waals surface area (Å²) in [5.41, 5.74) is 0.514. The lowest BCUT2D eigenvalue weighted by Gasteiger charge is -2.29. The molecule has 2 amide bonds. The lowest BCUT2D eigenvalue weighted by atomic mass is 10.1. The molecule has 0 unspecified atom stereocenters. The highest BCUT2D eigenvalue weighted by atomic mass is 35.5. The molecule has 1 aliphatic heterocycles. The van der Waals surface area contributed by atoms with Gasteiger partial charge >= 0.3 is 0 Å². The predicted octanol–water partition coefficient (Wildman–Crippen LogP) is 0.449. The fraction of sp³-hybridized carbons (Fsp3) is 0.467. The Balaban J connectivity index is 0.00000288. The van der Waals surface area contributed by atoms with E-state index in [4.69, 9.17) is 0 Å². The monoisotopic (exact) mass is 356 g/mol. The molecule has 132 valence electrons. The van der Waals surface area contributed by atoms with Gasteiger partial charge in [0.15, 0.2) is 0 Å². The van der Waals surface area contributed by atoms with Crippen molar-refractivity contribution in [3.8, 4) is 0 Å². The number of amides is 2. The van der Waals surface area contributed by atoms with Crippen molar-refractivity contribution < 1.29 is 14.5 Å². The third-order valence-corrected chi connectivity index (χ3v) is 3.74. The van der Waals surface area contributed by atoms with Gasteiger partial charge in [-0.15, -0.1) is 12.4 Å². The van der Waals surface area contributed by atoms with E-state index < -0.39 is 4.92 Å². The van der Waals surface area contributed by atoms with Gasteiger partial charge in [-0.25, -0.2) is 0 Å². The molecule has 0 spiro atoms. The van der Waals surface area contributed by atoms with Crippen LogP contribution >= 0.6 is 12.4 Å². The SMILES string of the molecule is CN(CC(=O)N1CCNCC1)C(=O)Cc1cccc([N+](=O)[O-])c1.Cl. The largest absolute Gasteiger partial charge is 0.339 e. The third-order valence-electron chi connectivity index (χ3n) is 3.74. The van der Waals surface area contributed by atoms with Crippen LogP contribution in [-0.2, 0) is 16.0 Å². The number of carbonyl (C=O) groups excluding carboxylic acids is 2. The van der Waals surface area contributed by atoms with E-state index in [-0.39, 0.29) is 42.9 Å². The first-order chi connectivity index (χ1) is 11.0. The number of nitro benzene ring substituents is 1. The fourth-order valence-corrected chi connectivity index (χ4v) is 2.39. The first-order valence-corrected chi connectivity index (χ1v) is 7.43. The van der Waals surface area contributed by atoms with Gasteiger partial charge in [0, 0.05) is 45.4 Å². The van der Waals surface area contributed by atoms with Crippen molar-refractivity contribution in [2.45, 2.75) is 6.42 Å². The summed E-state index contributed by atoms with van der Waals surface area (Å²) in [6, 6.07) is 5.97. The summed E-state index contributed by atoms with van der Waals surface area (Å²) >= 11 is 0. The van der Waals surface area contributed by atoms with Crippen LogP contribution in [-0.4, -0.2) is 66.3 Å². The van der Waals surface area contributed by atoms with Crippen LogP contribution < -0.4 is 5.32 Å². The zero-order valence-electron chi connectivity index (χ0n) is 13.4. The smallest absolute Gasteiger partial charge is 0.269 e. The Morgan fingerprint density at radius 1 is 1.33 bits per heavy atom. The Morgan fingerprint density at radius 3 is 2.62 bits per heavy atom. The summed E-state index contributed by atoms with van der Waals surface area (Å²) in [4.78, 5) is 37.7. The molecular weight excluding hydrogens is 336 g/mol. The first-order valence-electron chi connectivity index (χ1n) is 7.43. The molecule has 0 atom stereocenters. The van der Waals surface area contributed by atoms with Gasteiger partial charge in [-0.1, -0.05) is 12.1 Å². The minimum atomic E-state index is -0.494. The normalized spacial score (nSPS) is 13.8. The Kier molecular flexibility index (Phi) is 7.60. The van der Waals surface area contributed by atoms with E-state index in [0.717, 1.165) is 13.1 Å². The number of benzene rings is 1. The molecule has 0 aliphatic carbocycles. The van der Waals surface area contributed by atoms with Crippen LogP contribution in [0.25, 0.3) is 0 Å². The number of carbonyl (C=O) groups is 2. The number of hydrogen-bond acceptors (Lipinski definition) is 5. The van der Waals surface area contributed by atoms with Crippen molar-refractivity contribution in [2.75, 3.05) is 39.8 Å². The highest BCUT2D eigenvalue weighted by molar-refractivity contribution is 5.86. The minimum absolute atomic E-state index is 0. The molecule has 0 bridgehead atoms. The second-order valence-electron chi connectivity index (χ2n) is 5.48. The van der Waals surface area contributed by atoms with Gasteiger partial charge in [0.25, 0.3) is 5.69 Å². The number of nitrogens with zero attached hydrogens (tertiary/aromatic N) is 3. The van der Waals surface area contributed by atoms with Gasteiger partial charge in [0.1, 0.15) is 0 Å². The molecule has 1 heterocycles. The molecule has 0 saturated carbocycles. The molecule has 8 nitrogen and oxygen atoms in total. The Bertz CT molecular complexity index is 605. The second kappa shape index (κ2) is 9.19. The number of non-ortho nitro benzene ring substituents is 1. The van der Waals surface area contributed by atoms with E-state index >= 15 is 0 Å². The maximum atomic E-state index is 12.2. The first kappa shape index (κ1) is 19.9. The molecule has 2 rings (SSSR count). The lowest BCUT2D eigenvalue weighted by Crippen LogP contribution is -2.49. The predicted molar refractivity (Wildman–Crippen MR) is 91.1 cm³/mol. The summed E-state index contributed by atoms with van der Waals surface area (Å²) in [7, 11) is 1.57. The molecule has 9 heteroatoms. The molecule has 1 aliphatic rings. The average molecular weight is 357 g/mol. The lowest BCUT2D eigenvalue weighted by molar-refractivity contribution is -0.384. The number of rotatable bonds is 5. The van der Waals surface area contributed by atoms with Crippen molar-refractivity contribution in [1.82, 2.24) is 15.1 Å². The number of piperazine rings is 1. The van der Waals surface area contributed by atoms with Crippen molar-refractivity contribution in [3.63, 3.8) is 0 Å². The van der Waals surface area contributed by atoms with Gasteiger partial charge in [-0.2, -0.15) is 0 Å². The van der Waals surface area contributed by atoms with Crippen LogP contribution in [0.4, 0.5) is 5.69 Å². The second-order valence-corrected chi connectivity index (χ2v) is 5.48. The van der Waals surface area contributed by atoms with Gasteiger partial charge in [0.05, 0.1) is 17.9 Å². The van der Waals surface area contributed by atoms with Crippen molar-refractivity contribution in [2.24, 2.45) is 0 Å². The maximum absolute atomic E-state index is 12.2. The van der Waals surface area contributed by atoms with E-state index in [1.54, 1.807) is 24.1 Å². The van der Waals surface area contributed by atoms with Crippen molar-refractivity contribution in [3.05, 3.63) is 39.9 Å². The number of nitro groups is 1. The van der Waals surface area contributed by atoms with Crippen LogP contribution in [0.1, 0.15) is 5.56 Å². The van der Waals surface area contributed by atoms with Gasteiger partial charge in [-0.3, -0.25) is 19.7 Å². The molecule has 1 N–H and O–H groups in total. The molecular formula is C15H21ClN4O4. The Labute approximate surface area is 146 Å². The molecule has 1 saturated heterocycles. The molecule has 0 aromatic heterocycles. The van der Waals surface area contributed by atoms with Gasteiger partial charge < -0.3 is 15.1 Å². The van der Waals surface area contributed by atoms with E-state index in [2.05, 4.69) is 5.32 Å². The van der Waals surface area contributed by atoms with Crippen molar-refractivity contribution in [1.29, 1.82) is 0 Å². The fourth-order valence-electron chi connectivity index (χ4n) is 2.39. The van der Waals surface area contributed by atoms with Crippen molar-refractivity contribution >= 4 is 29.9 Å². The highest BCUT2D eigenvalue weighted by Crippen LogP contribution is 2.14. The van der Waals surface area contributed by atoms with Crippen LogP contribution in [0.3, 0.4) is 0 Å². The maximum Gasteiger partial charge on any atom is 0.269 e. The van der Waals surface area contributed by atoms with Crippen LogP contribution in [0.2, 0.25) is 0 Å².